The molecule has 3 N–H and O–H groups in total. The molecule has 1 atom stereocenters. The van der Waals surface area contributed by atoms with Gasteiger partial charge in [-0.2, -0.15) is 11.3 Å². The van der Waals surface area contributed by atoms with Crippen LogP contribution in [0.3, 0.4) is 0 Å². The number of thiophene rings is 1. The lowest BCUT2D eigenvalue weighted by Crippen LogP contribution is -2.48. The van der Waals surface area contributed by atoms with Gasteiger partial charge in [0.2, 0.25) is 0 Å². The largest absolute Gasteiger partial charge is 0.409 e. The van der Waals surface area contributed by atoms with Crippen molar-refractivity contribution in [3.05, 3.63) is 22.4 Å². The predicted octanol–water partition coefficient (Wildman–Crippen LogP) is 1.89. The number of oxime groups is 1. The van der Waals surface area contributed by atoms with E-state index in [1.54, 1.807) is 11.3 Å². The van der Waals surface area contributed by atoms with Crippen LogP contribution >= 0.6 is 11.3 Å². The quantitative estimate of drug-likeness (QED) is 0.373. The van der Waals surface area contributed by atoms with Crippen LogP contribution in [-0.2, 0) is 6.42 Å². The van der Waals surface area contributed by atoms with Gasteiger partial charge in [-0.15, -0.1) is 0 Å². The van der Waals surface area contributed by atoms with E-state index in [0.717, 1.165) is 32.4 Å². The SMILES string of the molecule is NC(=NO)C1CCCCN1CCc1ccsc1. The van der Waals surface area contributed by atoms with Gasteiger partial charge in [-0.05, 0) is 48.2 Å². The zero-order valence-corrected chi connectivity index (χ0v) is 10.7. The van der Waals surface area contributed by atoms with Crippen LogP contribution < -0.4 is 5.73 Å². The number of nitrogens with zero attached hydrogens (tertiary/aromatic N) is 2. The fraction of sp³-hybridized carbons (Fsp3) is 0.583. The van der Waals surface area contributed by atoms with Gasteiger partial charge >= 0.3 is 0 Å². The molecule has 5 heteroatoms. The first-order valence-electron chi connectivity index (χ1n) is 6.04. The minimum Gasteiger partial charge on any atom is -0.409 e. The number of likely N-dealkylation sites (tertiary alicyclic amines) is 1. The van der Waals surface area contributed by atoms with Gasteiger partial charge in [-0.1, -0.05) is 11.6 Å². The Kier molecular flexibility index (Phi) is 4.39. The van der Waals surface area contributed by atoms with Crippen LogP contribution in [0.4, 0.5) is 0 Å². The number of hydrogen-bond acceptors (Lipinski definition) is 4. The van der Waals surface area contributed by atoms with Crippen LogP contribution in [0.1, 0.15) is 24.8 Å². The Morgan fingerprint density at radius 2 is 2.47 bits per heavy atom. The van der Waals surface area contributed by atoms with Crippen molar-refractivity contribution in [2.45, 2.75) is 31.7 Å². The molecule has 1 unspecified atom stereocenters. The second-order valence-electron chi connectivity index (χ2n) is 4.45. The summed E-state index contributed by atoms with van der Waals surface area (Å²) in [6, 6.07) is 2.28. The molecule has 17 heavy (non-hydrogen) atoms. The number of amidine groups is 1. The van der Waals surface area contributed by atoms with Crippen LogP contribution in [0, 0.1) is 0 Å². The molecule has 2 rings (SSSR count). The molecule has 0 amide bonds. The lowest BCUT2D eigenvalue weighted by atomic mass is 10.0. The molecule has 0 saturated carbocycles. The Balaban J connectivity index is 1.92. The van der Waals surface area contributed by atoms with E-state index in [2.05, 4.69) is 26.9 Å². The molecule has 0 aliphatic carbocycles. The fourth-order valence-electron chi connectivity index (χ4n) is 2.37. The Labute approximate surface area is 106 Å². The summed E-state index contributed by atoms with van der Waals surface area (Å²) in [5, 5.41) is 16.2. The highest BCUT2D eigenvalue weighted by molar-refractivity contribution is 7.07. The van der Waals surface area contributed by atoms with Crippen molar-refractivity contribution in [1.29, 1.82) is 0 Å². The predicted molar refractivity (Wildman–Crippen MR) is 70.6 cm³/mol. The van der Waals surface area contributed by atoms with Crippen LogP contribution in [0.5, 0.6) is 0 Å². The molecule has 1 aromatic rings. The van der Waals surface area contributed by atoms with Gasteiger partial charge in [0.15, 0.2) is 5.84 Å². The van der Waals surface area contributed by atoms with Crippen molar-refractivity contribution >= 4 is 17.2 Å². The van der Waals surface area contributed by atoms with Crippen molar-refractivity contribution in [3.8, 4) is 0 Å². The topological polar surface area (TPSA) is 61.9 Å². The molecule has 1 aliphatic heterocycles. The van der Waals surface area contributed by atoms with Gasteiger partial charge in [0.05, 0.1) is 6.04 Å². The maximum atomic E-state index is 8.79. The lowest BCUT2D eigenvalue weighted by molar-refractivity contribution is 0.188. The first-order valence-corrected chi connectivity index (χ1v) is 6.98. The second kappa shape index (κ2) is 6.02. The molecule has 1 saturated heterocycles. The number of piperidine rings is 1. The number of hydrogen-bond donors (Lipinski definition) is 2. The minimum absolute atomic E-state index is 0.118. The molecular weight excluding hydrogens is 234 g/mol. The first kappa shape index (κ1) is 12.4. The number of nitrogens with two attached hydrogens (primary N) is 1. The monoisotopic (exact) mass is 253 g/mol. The van der Waals surface area contributed by atoms with Crippen molar-refractivity contribution in [2.75, 3.05) is 13.1 Å². The number of rotatable bonds is 4. The van der Waals surface area contributed by atoms with Gasteiger partial charge in [-0.25, -0.2) is 0 Å². The van der Waals surface area contributed by atoms with Crippen molar-refractivity contribution in [1.82, 2.24) is 4.90 Å². The minimum atomic E-state index is 0.118. The third-order valence-corrected chi connectivity index (χ3v) is 4.07. The van der Waals surface area contributed by atoms with Crippen LogP contribution in [0.15, 0.2) is 22.0 Å². The van der Waals surface area contributed by atoms with Crippen LogP contribution in [0.2, 0.25) is 0 Å². The van der Waals surface area contributed by atoms with Crippen molar-refractivity contribution in [2.24, 2.45) is 10.9 Å². The molecule has 0 bridgehead atoms. The highest BCUT2D eigenvalue weighted by atomic mass is 32.1. The molecule has 1 aliphatic rings. The Bertz CT molecular complexity index is 364. The average Bonchev–Trinajstić information content (AvgIpc) is 2.89. The summed E-state index contributed by atoms with van der Waals surface area (Å²) in [4.78, 5) is 2.33. The van der Waals surface area contributed by atoms with E-state index in [-0.39, 0.29) is 6.04 Å². The van der Waals surface area contributed by atoms with Crippen LogP contribution in [0.25, 0.3) is 0 Å². The summed E-state index contributed by atoms with van der Waals surface area (Å²) in [6.07, 6.45) is 4.41. The van der Waals surface area contributed by atoms with E-state index in [0.29, 0.717) is 5.84 Å². The van der Waals surface area contributed by atoms with E-state index in [4.69, 9.17) is 10.9 Å². The average molecular weight is 253 g/mol. The van der Waals surface area contributed by atoms with E-state index in [9.17, 15) is 0 Å². The Hall–Kier alpha value is -1.07. The van der Waals surface area contributed by atoms with Gasteiger partial charge in [0, 0.05) is 6.54 Å². The first-order chi connectivity index (χ1) is 8.31. The normalized spacial score (nSPS) is 22.8. The van der Waals surface area contributed by atoms with E-state index in [1.807, 2.05) is 0 Å². The molecule has 2 heterocycles. The third-order valence-electron chi connectivity index (χ3n) is 3.34. The lowest BCUT2D eigenvalue weighted by Gasteiger charge is -2.34. The summed E-state index contributed by atoms with van der Waals surface area (Å²) < 4.78 is 0. The van der Waals surface area contributed by atoms with Crippen molar-refractivity contribution in [3.63, 3.8) is 0 Å². The fourth-order valence-corrected chi connectivity index (χ4v) is 3.07. The van der Waals surface area contributed by atoms with Gasteiger partial charge in [0.1, 0.15) is 0 Å². The summed E-state index contributed by atoms with van der Waals surface area (Å²) in [5.74, 6) is 0.356. The molecule has 0 aromatic carbocycles. The van der Waals surface area contributed by atoms with Gasteiger partial charge in [-0.3, -0.25) is 4.90 Å². The smallest absolute Gasteiger partial charge is 0.156 e. The third kappa shape index (κ3) is 3.20. The molecule has 4 nitrogen and oxygen atoms in total. The van der Waals surface area contributed by atoms with Gasteiger partial charge < -0.3 is 10.9 Å². The second-order valence-corrected chi connectivity index (χ2v) is 5.23. The van der Waals surface area contributed by atoms with Gasteiger partial charge in [0.25, 0.3) is 0 Å². The molecule has 94 valence electrons. The van der Waals surface area contributed by atoms with E-state index < -0.39 is 0 Å². The van der Waals surface area contributed by atoms with E-state index >= 15 is 0 Å². The molecule has 1 aromatic heterocycles. The molecule has 0 radical (unpaired) electrons. The maximum absolute atomic E-state index is 8.79. The summed E-state index contributed by atoms with van der Waals surface area (Å²) in [7, 11) is 0. The van der Waals surface area contributed by atoms with E-state index in [1.165, 1.54) is 12.0 Å². The molecule has 0 spiro atoms. The zero-order chi connectivity index (χ0) is 12.1. The molecular formula is C12H19N3OS. The Morgan fingerprint density at radius 1 is 1.59 bits per heavy atom. The standard InChI is InChI=1S/C12H19N3OS/c13-12(14-16)11-3-1-2-6-15(11)7-4-10-5-8-17-9-10/h5,8-9,11,16H,1-4,6-7H2,(H2,13,14). The maximum Gasteiger partial charge on any atom is 0.156 e. The Morgan fingerprint density at radius 3 is 3.18 bits per heavy atom. The summed E-state index contributed by atoms with van der Waals surface area (Å²) in [6.45, 7) is 2.03. The highest BCUT2D eigenvalue weighted by Crippen LogP contribution is 2.18. The van der Waals surface area contributed by atoms with Crippen LogP contribution in [-0.4, -0.2) is 35.1 Å². The highest BCUT2D eigenvalue weighted by Gasteiger charge is 2.25. The summed E-state index contributed by atoms with van der Waals surface area (Å²) in [5.41, 5.74) is 7.12. The molecule has 1 fully saturated rings. The zero-order valence-electron chi connectivity index (χ0n) is 9.88. The summed E-state index contributed by atoms with van der Waals surface area (Å²) >= 11 is 1.73. The van der Waals surface area contributed by atoms with Crippen molar-refractivity contribution < 1.29 is 5.21 Å².